The molecule has 1 aliphatic rings. The quantitative estimate of drug-likeness (QED) is 0.125. The van der Waals surface area contributed by atoms with Gasteiger partial charge in [-0.2, -0.15) is 0 Å². The molecule has 1 N–H and O–H groups in total. The van der Waals surface area contributed by atoms with Crippen molar-refractivity contribution in [1.82, 2.24) is 5.32 Å². The summed E-state index contributed by atoms with van der Waals surface area (Å²) in [4.78, 5) is 0. The fourth-order valence-corrected chi connectivity index (χ4v) is 7.28. The van der Waals surface area contributed by atoms with Gasteiger partial charge in [0.2, 0.25) is 0 Å². The van der Waals surface area contributed by atoms with E-state index >= 15 is 0 Å². The largest absolute Gasteiger partial charge is 0.386 e. The van der Waals surface area contributed by atoms with Crippen LogP contribution in [0, 0.1) is 46.3 Å². The maximum absolute atomic E-state index is 4.53. The number of hydrogen-bond acceptors (Lipinski definition) is 1. The van der Waals surface area contributed by atoms with Crippen LogP contribution in [0.3, 0.4) is 0 Å². The molecule has 0 fully saturated rings. The van der Waals surface area contributed by atoms with Crippen LogP contribution in [0.5, 0.6) is 0 Å². The summed E-state index contributed by atoms with van der Waals surface area (Å²) in [5, 5.41) is 4.02. The zero-order valence-corrected chi connectivity index (χ0v) is 31.5. The Bertz CT molecular complexity index is 847. The Morgan fingerprint density at radius 1 is 0.952 bits per heavy atom. The summed E-state index contributed by atoms with van der Waals surface area (Å²) in [6.07, 6.45) is 16.3. The van der Waals surface area contributed by atoms with Gasteiger partial charge in [0.05, 0.1) is 0 Å². The monoisotopic (exact) mass is 584 g/mol. The molecule has 1 heteroatoms. The molecule has 0 radical (unpaired) electrons. The molecule has 0 bridgehead atoms. The minimum absolute atomic E-state index is 0.211. The van der Waals surface area contributed by atoms with E-state index in [0.717, 1.165) is 6.42 Å². The fourth-order valence-electron chi connectivity index (χ4n) is 7.28. The molecule has 42 heavy (non-hydrogen) atoms. The van der Waals surface area contributed by atoms with Gasteiger partial charge in [0.15, 0.2) is 0 Å². The molecule has 0 heterocycles. The van der Waals surface area contributed by atoms with Crippen molar-refractivity contribution in [3.05, 3.63) is 47.7 Å². The van der Waals surface area contributed by atoms with E-state index < -0.39 is 0 Å². The molecule has 0 aromatic carbocycles. The Morgan fingerprint density at radius 2 is 1.55 bits per heavy atom. The van der Waals surface area contributed by atoms with Gasteiger partial charge in [-0.25, -0.2) is 0 Å². The zero-order chi connectivity index (χ0) is 32.8. The van der Waals surface area contributed by atoms with Gasteiger partial charge < -0.3 is 5.32 Å². The minimum Gasteiger partial charge on any atom is -0.386 e. The van der Waals surface area contributed by atoms with E-state index in [1.54, 1.807) is 5.57 Å². The average molecular weight is 584 g/mol. The van der Waals surface area contributed by atoms with Crippen molar-refractivity contribution < 1.29 is 0 Å². The Morgan fingerprint density at radius 3 is 2.02 bits per heavy atom. The molecule has 0 spiro atoms. The summed E-state index contributed by atoms with van der Waals surface area (Å²) < 4.78 is 0. The normalized spacial score (nSPS) is 21.0. The molecule has 0 aliphatic heterocycles. The van der Waals surface area contributed by atoms with Crippen molar-refractivity contribution in [2.24, 2.45) is 46.3 Å². The van der Waals surface area contributed by atoms with Crippen molar-refractivity contribution in [2.75, 3.05) is 0 Å². The molecular weight excluding hydrogens is 506 g/mol. The lowest BCUT2D eigenvalue weighted by Crippen LogP contribution is -2.42. The summed E-state index contributed by atoms with van der Waals surface area (Å²) in [5.74, 6) is 3.62. The molecule has 0 saturated heterocycles. The first-order valence-corrected chi connectivity index (χ1v) is 17.9. The molecule has 1 rings (SSSR count). The van der Waals surface area contributed by atoms with Crippen LogP contribution in [0.15, 0.2) is 47.7 Å². The zero-order valence-electron chi connectivity index (χ0n) is 31.5. The minimum atomic E-state index is 0.211. The maximum Gasteiger partial charge on any atom is 0.0286 e. The standard InChI is InChI=1S/C39H71N.C2H6/c1-16-17-18-19-20-34-26-39(15,22-21-30(34)8)33(11)36(29(6)7)24-37(40-32(10)25-38(12,13)14)31(9)23-35(27(2)3)28(4)5;1-2/h21-22,28-29,31,33,35-37,40H,2,10,16-20,23-26H2,1,3-9,11-15H3;1-2H3. The molecule has 0 amide bonds. The van der Waals surface area contributed by atoms with E-state index in [-0.39, 0.29) is 10.8 Å². The molecule has 1 nitrogen and oxygen atoms in total. The Labute approximate surface area is 266 Å². The van der Waals surface area contributed by atoms with Crippen LogP contribution in [-0.4, -0.2) is 6.04 Å². The maximum atomic E-state index is 4.53. The summed E-state index contributed by atoms with van der Waals surface area (Å²) >= 11 is 0. The molecule has 0 aromatic heterocycles. The lowest BCUT2D eigenvalue weighted by molar-refractivity contribution is 0.114. The SMILES string of the molecule is C=C(CC(C)(C)C)NC(CC(C(C)C)C(C)C1(C)C=CC(C)=C(CCCCCC)C1)C(C)CC(C(=C)C)C(C)C.CC. The van der Waals surface area contributed by atoms with Gasteiger partial charge >= 0.3 is 0 Å². The van der Waals surface area contributed by atoms with E-state index in [4.69, 9.17) is 0 Å². The molecule has 0 saturated carbocycles. The highest BCUT2D eigenvalue weighted by molar-refractivity contribution is 5.32. The van der Waals surface area contributed by atoms with Crippen LogP contribution in [0.4, 0.5) is 0 Å². The molecular formula is C41H77N. The molecule has 0 aromatic rings. The van der Waals surface area contributed by atoms with Crippen LogP contribution in [0.25, 0.3) is 0 Å². The van der Waals surface area contributed by atoms with Gasteiger partial charge in [-0.05, 0) is 98.7 Å². The van der Waals surface area contributed by atoms with E-state index in [0.29, 0.717) is 41.5 Å². The van der Waals surface area contributed by atoms with Gasteiger partial charge in [-0.15, -0.1) is 0 Å². The highest BCUT2D eigenvalue weighted by Gasteiger charge is 2.39. The predicted octanol–water partition coefficient (Wildman–Crippen LogP) is 13.3. The average Bonchev–Trinajstić information content (AvgIpc) is 2.88. The van der Waals surface area contributed by atoms with Crippen LogP contribution >= 0.6 is 0 Å². The Balaban J connectivity index is 0.00000821. The number of hydrogen-bond donors (Lipinski definition) is 1. The van der Waals surface area contributed by atoms with Crippen molar-refractivity contribution in [1.29, 1.82) is 0 Å². The highest BCUT2D eigenvalue weighted by atomic mass is 14.9. The highest BCUT2D eigenvalue weighted by Crippen LogP contribution is 2.48. The number of allylic oxidation sites excluding steroid dienone is 6. The second kappa shape index (κ2) is 19.2. The third-order valence-corrected chi connectivity index (χ3v) is 10.1. The van der Waals surface area contributed by atoms with E-state index in [1.807, 2.05) is 13.8 Å². The topological polar surface area (TPSA) is 12.0 Å². The van der Waals surface area contributed by atoms with Gasteiger partial charge in [-0.1, -0.05) is 151 Å². The summed E-state index contributed by atoms with van der Waals surface area (Å²) in [5.41, 5.74) is 6.21. The van der Waals surface area contributed by atoms with E-state index in [2.05, 4.69) is 121 Å². The Hall–Kier alpha value is -1.24. The van der Waals surface area contributed by atoms with Crippen LogP contribution in [0.2, 0.25) is 0 Å². The van der Waals surface area contributed by atoms with E-state index in [1.165, 1.54) is 68.2 Å². The third kappa shape index (κ3) is 14.0. The molecule has 1 aliphatic carbocycles. The summed E-state index contributed by atoms with van der Waals surface area (Å²) in [7, 11) is 0. The molecule has 6 unspecified atom stereocenters. The van der Waals surface area contributed by atoms with Crippen molar-refractivity contribution >= 4 is 0 Å². The van der Waals surface area contributed by atoms with E-state index in [9.17, 15) is 0 Å². The smallest absolute Gasteiger partial charge is 0.0286 e. The fraction of sp³-hybridized carbons (Fsp3) is 0.805. The van der Waals surface area contributed by atoms with Gasteiger partial charge in [0.1, 0.15) is 0 Å². The van der Waals surface area contributed by atoms with Gasteiger partial charge in [0.25, 0.3) is 0 Å². The lowest BCUT2D eigenvalue weighted by atomic mass is 9.61. The summed E-state index contributed by atoms with van der Waals surface area (Å²) in [6, 6.07) is 0.423. The molecule has 6 atom stereocenters. The van der Waals surface area contributed by atoms with Crippen LogP contribution < -0.4 is 5.32 Å². The van der Waals surface area contributed by atoms with Crippen LogP contribution in [0.1, 0.15) is 162 Å². The lowest BCUT2D eigenvalue weighted by Gasteiger charge is -2.45. The third-order valence-electron chi connectivity index (χ3n) is 10.1. The first kappa shape index (κ1) is 40.8. The van der Waals surface area contributed by atoms with Crippen LogP contribution in [-0.2, 0) is 0 Å². The van der Waals surface area contributed by atoms with Crippen molar-refractivity contribution in [3.63, 3.8) is 0 Å². The summed E-state index contributed by atoms with van der Waals surface area (Å²) in [6.45, 7) is 43.9. The first-order valence-electron chi connectivity index (χ1n) is 17.9. The number of nitrogens with one attached hydrogen (secondary N) is 1. The van der Waals surface area contributed by atoms with Gasteiger partial charge in [0, 0.05) is 11.7 Å². The van der Waals surface area contributed by atoms with Gasteiger partial charge in [-0.3, -0.25) is 0 Å². The van der Waals surface area contributed by atoms with Crippen molar-refractivity contribution in [3.8, 4) is 0 Å². The van der Waals surface area contributed by atoms with Crippen molar-refractivity contribution in [2.45, 2.75) is 168 Å². The second-order valence-corrected chi connectivity index (χ2v) is 16.0. The Kier molecular flexibility index (Phi) is 18.6. The first-order chi connectivity index (χ1) is 19.4. The predicted molar refractivity (Wildman–Crippen MR) is 194 cm³/mol. The molecule has 246 valence electrons. The number of rotatable bonds is 18. The number of unbranched alkanes of at least 4 members (excludes halogenated alkanes) is 3. The second-order valence-electron chi connectivity index (χ2n) is 16.0.